The molecule has 0 aliphatic carbocycles. The van der Waals surface area contributed by atoms with E-state index < -0.39 is 4.92 Å². The summed E-state index contributed by atoms with van der Waals surface area (Å²) in [6.45, 7) is 0. The first-order chi connectivity index (χ1) is 12.1. The lowest BCUT2D eigenvalue weighted by Crippen LogP contribution is -2.06. The van der Waals surface area contributed by atoms with Crippen LogP contribution in [0.25, 0.3) is 6.08 Å². The van der Waals surface area contributed by atoms with E-state index in [2.05, 4.69) is 10.3 Å². The molecule has 0 saturated heterocycles. The van der Waals surface area contributed by atoms with Crippen LogP contribution in [0.1, 0.15) is 16.2 Å². The number of carbonyl (C=O) groups is 1. The minimum atomic E-state index is -0.423. The van der Waals surface area contributed by atoms with Crippen molar-refractivity contribution in [3.8, 4) is 0 Å². The van der Waals surface area contributed by atoms with Gasteiger partial charge in [0.25, 0.3) is 5.69 Å². The molecule has 126 valence electrons. The average Bonchev–Trinajstić information content (AvgIpc) is 3.25. The van der Waals surface area contributed by atoms with Crippen LogP contribution < -0.4 is 5.32 Å². The largest absolute Gasteiger partial charge is 0.465 e. The molecule has 1 amide bonds. The number of nitrogens with zero attached hydrogens (tertiary/aromatic N) is 2. The summed E-state index contributed by atoms with van der Waals surface area (Å²) in [6, 6.07) is 9.92. The number of thiazole rings is 1. The number of aromatic nitrogens is 1. The minimum absolute atomic E-state index is 0.0543. The summed E-state index contributed by atoms with van der Waals surface area (Å²) in [5.41, 5.74) is 0.868. The monoisotopic (exact) mass is 355 g/mol. The molecule has 25 heavy (non-hydrogen) atoms. The molecule has 0 aliphatic rings. The molecular formula is C17H13N3O4S. The van der Waals surface area contributed by atoms with E-state index in [0.717, 1.165) is 10.4 Å². The quantitative estimate of drug-likeness (QED) is 0.411. The SMILES string of the molecule is O=C(C=Cc1ccco1)Nc1ncc(Cc2cccc([N+](=O)[O-])c2)s1. The first-order valence-corrected chi connectivity index (χ1v) is 8.12. The lowest BCUT2D eigenvalue weighted by Gasteiger charge is -1.98. The van der Waals surface area contributed by atoms with Gasteiger partial charge in [-0.3, -0.25) is 20.2 Å². The summed E-state index contributed by atoms with van der Waals surface area (Å²) in [5.74, 6) is 0.272. The van der Waals surface area contributed by atoms with Crippen molar-refractivity contribution in [1.82, 2.24) is 4.98 Å². The highest BCUT2D eigenvalue weighted by atomic mass is 32.1. The lowest BCUT2D eigenvalue weighted by molar-refractivity contribution is -0.384. The Balaban J connectivity index is 1.61. The number of nitro benzene ring substituents is 1. The zero-order valence-electron chi connectivity index (χ0n) is 12.9. The molecule has 0 fully saturated rings. The third-order valence-electron chi connectivity index (χ3n) is 3.23. The Morgan fingerprint density at radius 2 is 2.24 bits per heavy atom. The fraction of sp³-hybridized carbons (Fsp3) is 0.0588. The Morgan fingerprint density at radius 3 is 3.00 bits per heavy atom. The Morgan fingerprint density at radius 1 is 1.36 bits per heavy atom. The molecule has 0 radical (unpaired) electrons. The van der Waals surface area contributed by atoms with Crippen molar-refractivity contribution in [3.05, 3.63) is 81.2 Å². The number of benzene rings is 1. The Hall–Kier alpha value is -3.26. The number of hydrogen-bond donors (Lipinski definition) is 1. The number of nitrogens with one attached hydrogen (secondary N) is 1. The van der Waals surface area contributed by atoms with Crippen LogP contribution in [0, 0.1) is 10.1 Å². The van der Waals surface area contributed by atoms with E-state index >= 15 is 0 Å². The van der Waals surface area contributed by atoms with Gasteiger partial charge in [-0.2, -0.15) is 0 Å². The van der Waals surface area contributed by atoms with Crippen LogP contribution in [0.3, 0.4) is 0 Å². The number of nitro groups is 1. The zero-order chi connectivity index (χ0) is 17.6. The molecule has 8 heteroatoms. The fourth-order valence-electron chi connectivity index (χ4n) is 2.12. The predicted octanol–water partition coefficient (Wildman–Crippen LogP) is 3.89. The maximum absolute atomic E-state index is 11.8. The summed E-state index contributed by atoms with van der Waals surface area (Å²) in [6.07, 6.45) is 6.61. The topological polar surface area (TPSA) is 98.3 Å². The van der Waals surface area contributed by atoms with Crippen LogP contribution in [-0.4, -0.2) is 15.8 Å². The Bertz CT molecular complexity index is 916. The van der Waals surface area contributed by atoms with Crippen LogP contribution in [0.15, 0.2) is 59.4 Å². The lowest BCUT2D eigenvalue weighted by atomic mass is 10.1. The molecule has 2 aromatic heterocycles. The summed E-state index contributed by atoms with van der Waals surface area (Å²) >= 11 is 1.32. The van der Waals surface area contributed by atoms with Gasteiger partial charge in [0.2, 0.25) is 5.91 Å². The smallest absolute Gasteiger partial charge is 0.269 e. The molecular weight excluding hydrogens is 342 g/mol. The molecule has 1 aromatic carbocycles. The highest BCUT2D eigenvalue weighted by Crippen LogP contribution is 2.23. The minimum Gasteiger partial charge on any atom is -0.465 e. The van der Waals surface area contributed by atoms with Gasteiger partial charge in [0.05, 0.1) is 11.2 Å². The van der Waals surface area contributed by atoms with Crippen molar-refractivity contribution >= 4 is 34.1 Å². The maximum atomic E-state index is 11.8. The van der Waals surface area contributed by atoms with Gasteiger partial charge in [0.1, 0.15) is 5.76 Å². The van der Waals surface area contributed by atoms with E-state index in [4.69, 9.17) is 4.42 Å². The van der Waals surface area contributed by atoms with Crippen LogP contribution in [0.4, 0.5) is 10.8 Å². The number of amides is 1. The van der Waals surface area contributed by atoms with Crippen LogP contribution >= 0.6 is 11.3 Å². The zero-order valence-corrected chi connectivity index (χ0v) is 13.7. The second kappa shape index (κ2) is 7.54. The number of carbonyl (C=O) groups excluding carboxylic acids is 1. The van der Waals surface area contributed by atoms with Gasteiger partial charge >= 0.3 is 0 Å². The van der Waals surface area contributed by atoms with E-state index in [-0.39, 0.29) is 11.6 Å². The third-order valence-corrected chi connectivity index (χ3v) is 4.14. The van der Waals surface area contributed by atoms with Gasteiger partial charge in [-0.1, -0.05) is 12.1 Å². The van der Waals surface area contributed by atoms with E-state index in [1.807, 2.05) is 6.07 Å². The molecule has 0 saturated carbocycles. The first-order valence-electron chi connectivity index (χ1n) is 7.31. The standard InChI is InChI=1S/C17H13N3O4S/c21-16(7-6-14-5-2-8-24-14)19-17-18-11-15(25-17)10-12-3-1-4-13(9-12)20(22)23/h1-9,11H,10H2,(H,18,19,21). The third kappa shape index (κ3) is 4.61. The molecule has 0 atom stereocenters. The van der Waals surface area contributed by atoms with Crippen molar-refractivity contribution in [2.45, 2.75) is 6.42 Å². The predicted molar refractivity (Wildman–Crippen MR) is 94.4 cm³/mol. The summed E-state index contributed by atoms with van der Waals surface area (Å²) in [4.78, 5) is 27.3. The fourth-order valence-corrected chi connectivity index (χ4v) is 2.97. The maximum Gasteiger partial charge on any atom is 0.269 e. The number of non-ortho nitro benzene ring substituents is 1. The second-order valence-corrected chi connectivity index (χ2v) is 6.19. The highest BCUT2D eigenvalue weighted by molar-refractivity contribution is 7.15. The van der Waals surface area contributed by atoms with E-state index in [0.29, 0.717) is 17.3 Å². The van der Waals surface area contributed by atoms with Gasteiger partial charge in [0.15, 0.2) is 5.13 Å². The summed E-state index contributed by atoms with van der Waals surface area (Å²) in [5, 5.41) is 14.0. The van der Waals surface area contributed by atoms with E-state index in [1.165, 1.54) is 35.8 Å². The van der Waals surface area contributed by atoms with Crippen LogP contribution in [0.2, 0.25) is 0 Å². The van der Waals surface area contributed by atoms with Crippen molar-refractivity contribution in [2.75, 3.05) is 5.32 Å². The summed E-state index contributed by atoms with van der Waals surface area (Å²) in [7, 11) is 0. The molecule has 1 N–H and O–H groups in total. The number of hydrogen-bond acceptors (Lipinski definition) is 6. The molecule has 3 rings (SSSR count). The van der Waals surface area contributed by atoms with Gasteiger partial charge < -0.3 is 4.42 Å². The van der Waals surface area contributed by atoms with E-state index in [9.17, 15) is 14.9 Å². The van der Waals surface area contributed by atoms with Crippen molar-refractivity contribution in [2.24, 2.45) is 0 Å². The van der Waals surface area contributed by atoms with Crippen LogP contribution in [-0.2, 0) is 11.2 Å². The molecule has 0 unspecified atom stereocenters. The van der Waals surface area contributed by atoms with Gasteiger partial charge in [-0.05, 0) is 23.8 Å². The van der Waals surface area contributed by atoms with Crippen molar-refractivity contribution < 1.29 is 14.1 Å². The average molecular weight is 355 g/mol. The molecule has 3 aromatic rings. The molecule has 2 heterocycles. The molecule has 0 spiro atoms. The number of rotatable bonds is 6. The molecule has 0 bridgehead atoms. The van der Waals surface area contributed by atoms with Gasteiger partial charge in [0, 0.05) is 35.7 Å². The highest BCUT2D eigenvalue weighted by Gasteiger charge is 2.09. The molecule has 7 nitrogen and oxygen atoms in total. The Kier molecular flexibility index (Phi) is 5.00. The Labute approximate surface area is 146 Å². The number of anilines is 1. The van der Waals surface area contributed by atoms with Crippen LogP contribution in [0.5, 0.6) is 0 Å². The second-order valence-electron chi connectivity index (χ2n) is 5.07. The van der Waals surface area contributed by atoms with Crippen molar-refractivity contribution in [1.29, 1.82) is 0 Å². The first kappa shape index (κ1) is 16.6. The number of furan rings is 1. The van der Waals surface area contributed by atoms with Gasteiger partial charge in [-0.25, -0.2) is 4.98 Å². The van der Waals surface area contributed by atoms with Gasteiger partial charge in [-0.15, -0.1) is 11.3 Å². The van der Waals surface area contributed by atoms with Crippen molar-refractivity contribution in [3.63, 3.8) is 0 Å². The van der Waals surface area contributed by atoms with E-state index in [1.54, 1.807) is 30.5 Å². The summed E-state index contributed by atoms with van der Waals surface area (Å²) < 4.78 is 5.10. The normalized spacial score (nSPS) is 10.9. The molecule has 0 aliphatic heterocycles.